The van der Waals surface area contributed by atoms with Crippen LogP contribution in [0.4, 0.5) is 14.4 Å². The Balaban J connectivity index is 4.45. The number of unbranched alkanes of at least 4 members (excludes halogenated alkanes) is 9. The number of hydrogen-bond donors (Lipinski definition) is 18. The smallest absolute Gasteiger partial charge is 0.410 e. The third-order valence-electron chi connectivity index (χ3n) is 16.7. The van der Waals surface area contributed by atoms with Gasteiger partial charge in [-0.05, 0) is 115 Å². The molecule has 0 radical (unpaired) electrons. The summed E-state index contributed by atoms with van der Waals surface area (Å²) in [5, 5.41) is 90.2. The zero-order chi connectivity index (χ0) is 88.2. The molecule has 0 aromatic heterocycles. The molecule has 0 aromatic carbocycles. The number of aliphatic carboxylic acids is 2. The number of alkyl carbamates (subject to hydrolysis) is 3. The van der Waals surface area contributed by atoms with Crippen LogP contribution in [0, 0.1) is 16.2 Å². The number of allylic oxidation sites excluding steroid dienone is 1. The van der Waals surface area contributed by atoms with Gasteiger partial charge in [0.1, 0.15) is 54.6 Å². The molecule has 658 valence electrons. The molecule has 18 N–H and O–H groups in total. The fourth-order valence-electron chi connectivity index (χ4n) is 9.91. The minimum absolute atomic E-state index is 0.0675. The summed E-state index contributed by atoms with van der Waals surface area (Å²) in [6.45, 7) is 12.0. The number of cyclic esters (lactones) is 1. The van der Waals surface area contributed by atoms with Crippen molar-refractivity contribution in [3.8, 4) is 0 Å². The maximum Gasteiger partial charge on any atom is 0.410 e. The molecule has 116 heavy (non-hydrogen) atoms. The second-order valence-corrected chi connectivity index (χ2v) is 30.3. The van der Waals surface area contributed by atoms with Crippen LogP contribution >= 0.6 is 11.6 Å². The van der Waals surface area contributed by atoms with Crippen LogP contribution in [0.2, 0.25) is 0 Å². The van der Waals surface area contributed by atoms with Crippen LogP contribution in [0.5, 0.6) is 0 Å². The molecule has 0 spiro atoms. The predicted octanol–water partition coefficient (Wildman–Crippen LogP) is -1.22. The van der Waals surface area contributed by atoms with Gasteiger partial charge in [0, 0.05) is 19.6 Å². The Hall–Kier alpha value is -10.3. The van der Waals surface area contributed by atoms with Crippen molar-refractivity contribution in [2.75, 3.05) is 52.5 Å². The first-order valence-electron chi connectivity index (χ1n) is 37.7. The zero-order valence-corrected chi connectivity index (χ0v) is 68.2. The number of carbonyl (C=O) groups excluding carboxylic acids is 16. The van der Waals surface area contributed by atoms with E-state index in [9.17, 15) is 117 Å². The van der Waals surface area contributed by atoms with Crippen LogP contribution in [-0.4, -0.2) is 263 Å². The molecule has 0 unspecified atom stereocenters. The van der Waals surface area contributed by atoms with Crippen molar-refractivity contribution in [2.24, 2.45) is 16.2 Å². The summed E-state index contributed by atoms with van der Waals surface area (Å²) in [7, 11) is 0. The Morgan fingerprint density at radius 2 is 0.931 bits per heavy atom. The van der Waals surface area contributed by atoms with E-state index in [2.05, 4.69) is 54.8 Å². The highest BCUT2D eigenvalue weighted by molar-refractivity contribution is 6.18. The van der Waals surface area contributed by atoms with E-state index in [1.165, 1.54) is 62.3 Å². The molecule has 1 aliphatic rings. The highest BCUT2D eigenvalue weighted by Crippen LogP contribution is 2.19. The molecule has 12 amide bonds. The first-order chi connectivity index (χ1) is 54.2. The SMILES string of the molecule is C/C=C1\NC(=O)[C@H]([C@@H](C)O)NC(=O)[C@H](CCNC(=O)OCOC(=O)C(C)(C)C)NC(=O)[C@H](CCCCNC(=O)OCOC(=O)C(C)(C)C)NC(=O)[C@H](CC(=O)O)NC(=O)[C@@H](CCNC(=O)OCOC(=O)C(C)(C)C)NC(=O)[C@@H](NC(=O)C[C@@H](O)CCCCCCCCCCC)COC(=O)[C@H]([C@H](O)CCl)NC(=O)[C@H]([C@H](O)C(=O)O)NC1=O. The summed E-state index contributed by atoms with van der Waals surface area (Å²) in [5.74, 6) is -22.4. The lowest BCUT2D eigenvalue weighted by atomic mass is 9.97. The largest absolute Gasteiger partial charge is 0.481 e. The number of nitrogens with one attached hydrogen (secondary N) is 12. The number of aliphatic hydroxyl groups excluding tert-OH is 4. The Labute approximate surface area is 675 Å². The van der Waals surface area contributed by atoms with Gasteiger partial charge in [-0.3, -0.25) is 62.3 Å². The Kier molecular flexibility index (Phi) is 47.5. The number of esters is 4. The van der Waals surface area contributed by atoms with Crippen LogP contribution in [0.1, 0.15) is 192 Å². The first-order valence-corrected chi connectivity index (χ1v) is 38.2. The summed E-state index contributed by atoms with van der Waals surface area (Å²) in [5.41, 5.74) is -3.99. The van der Waals surface area contributed by atoms with Gasteiger partial charge >= 0.3 is 54.1 Å². The number of halogens is 1. The summed E-state index contributed by atoms with van der Waals surface area (Å²) in [6.07, 6.45) is -7.69. The van der Waals surface area contributed by atoms with E-state index in [-0.39, 0.29) is 25.8 Å². The van der Waals surface area contributed by atoms with Gasteiger partial charge in [-0.25, -0.2) is 24.0 Å². The Bertz CT molecular complexity index is 3360. The van der Waals surface area contributed by atoms with Crippen molar-refractivity contribution in [3.63, 3.8) is 0 Å². The number of carboxylic acid groups (broad SMARTS) is 2. The normalized spacial score (nSPS) is 20.9. The van der Waals surface area contributed by atoms with E-state index < -0.39 is 280 Å². The second-order valence-electron chi connectivity index (χ2n) is 30.0. The fourth-order valence-corrected chi connectivity index (χ4v) is 10.1. The second kappa shape index (κ2) is 53.1. The standard InChI is InChI=1S/C72H117ClN12O31/c1-13-15-16-17-18-19-20-21-22-25-40(87)32-48(89)77-46-35-110-63(103)51(47(88)34-73)84-61(100)52(53(92)62(101)102)85-54(93)41(14-2)78-60(99)50(39(3)86)83-57(96)44(28-31-76-69(109)116-38-113-66(106)72(10,11)12)80-55(94)42(26-23-24-29-74-67(107)114-36-111-64(104)70(4,5)6)79-58(97)45(33-49(90)91)82-56(95)43(81-59(46)98)27-30-75-68(108)115-37-112-65(105)71(7,8)9/h14,39-40,42-47,50-53,86-88,92H,13,15-38H2,1-12H3,(H,74,107)(H,75,108)(H,76,109)(H,77,89)(H,78,99)(H,79,97)(H,80,94)(H,81,98)(H,82,95)(H,83,96)(H,84,100)(H,85,93)(H,90,91)(H,101,102)/b41-14-/t39-,40+,42+,43-,44+,45+,46+,47-,50+,51+,52+,53+/m1/s1. The average Bonchev–Trinajstić information content (AvgIpc) is 0.832. The van der Waals surface area contributed by atoms with Crippen molar-refractivity contribution in [2.45, 2.75) is 265 Å². The number of carbonyl (C=O) groups is 18. The molecule has 44 heteroatoms. The minimum Gasteiger partial charge on any atom is -0.481 e. The van der Waals surface area contributed by atoms with E-state index in [0.717, 1.165) is 64.9 Å². The van der Waals surface area contributed by atoms with Gasteiger partial charge in [0.25, 0.3) is 5.91 Å². The van der Waals surface area contributed by atoms with Gasteiger partial charge < -0.3 is 128 Å². The average molecular weight is 1680 g/mol. The molecule has 1 heterocycles. The van der Waals surface area contributed by atoms with Crippen LogP contribution < -0.4 is 63.8 Å². The lowest BCUT2D eigenvalue weighted by Crippen LogP contribution is -2.62. The van der Waals surface area contributed by atoms with E-state index in [4.69, 9.17) is 44.8 Å². The van der Waals surface area contributed by atoms with E-state index in [0.29, 0.717) is 12.8 Å². The third kappa shape index (κ3) is 41.9. The highest BCUT2D eigenvalue weighted by atomic mass is 35.5. The van der Waals surface area contributed by atoms with Crippen LogP contribution in [0.15, 0.2) is 11.8 Å². The van der Waals surface area contributed by atoms with Gasteiger partial charge in [-0.15, -0.1) is 11.6 Å². The fraction of sp³-hybridized carbons (Fsp3) is 0.722. The molecule has 0 saturated carbocycles. The quantitative estimate of drug-likeness (QED) is 0.00866. The summed E-state index contributed by atoms with van der Waals surface area (Å²) in [4.78, 5) is 245. The molecule has 43 nitrogen and oxygen atoms in total. The molecule has 1 rings (SSSR count). The van der Waals surface area contributed by atoms with Crippen molar-refractivity contribution in [1.29, 1.82) is 0 Å². The number of hydrogen-bond acceptors (Lipinski definition) is 29. The zero-order valence-electron chi connectivity index (χ0n) is 67.5. The first kappa shape index (κ1) is 104. The Morgan fingerprint density at radius 3 is 1.37 bits per heavy atom. The number of rotatable bonds is 37. The molecule has 1 fully saturated rings. The topological polar surface area (TPSA) is 638 Å². The summed E-state index contributed by atoms with van der Waals surface area (Å²) < 4.78 is 34.9. The molecule has 12 atom stereocenters. The number of alkyl halides is 1. The maximum atomic E-state index is 14.8. The monoisotopic (exact) mass is 1680 g/mol. The molecule has 0 bridgehead atoms. The van der Waals surface area contributed by atoms with Gasteiger partial charge in [0.15, 0.2) is 12.1 Å². The molecule has 0 aliphatic carbocycles. The number of ether oxygens (including phenoxy) is 7. The van der Waals surface area contributed by atoms with Crippen LogP contribution in [-0.2, 0) is 105 Å². The predicted molar refractivity (Wildman–Crippen MR) is 403 cm³/mol. The van der Waals surface area contributed by atoms with E-state index >= 15 is 0 Å². The minimum atomic E-state index is -2.96. The van der Waals surface area contributed by atoms with Crippen molar-refractivity contribution >= 4 is 119 Å². The third-order valence-corrected chi connectivity index (χ3v) is 17.0. The van der Waals surface area contributed by atoms with Gasteiger partial charge in [0.2, 0.25) is 67.6 Å². The molecule has 1 saturated heterocycles. The maximum absolute atomic E-state index is 14.8. The molecule has 1 aliphatic heterocycles. The number of amides is 12. The lowest BCUT2D eigenvalue weighted by molar-refractivity contribution is -0.162. The van der Waals surface area contributed by atoms with Gasteiger partial charge in [0.05, 0.1) is 53.3 Å². The summed E-state index contributed by atoms with van der Waals surface area (Å²) in [6, 6.07) is -18.1. The van der Waals surface area contributed by atoms with Crippen molar-refractivity contribution in [1.82, 2.24) is 63.8 Å². The van der Waals surface area contributed by atoms with Crippen molar-refractivity contribution < 1.29 is 150 Å². The summed E-state index contributed by atoms with van der Waals surface area (Å²) >= 11 is 5.94. The van der Waals surface area contributed by atoms with E-state index in [1.807, 2.05) is 16.0 Å². The van der Waals surface area contributed by atoms with Gasteiger partial charge in [-0.2, -0.15) is 0 Å². The number of aliphatic hydroxyl groups is 4. The van der Waals surface area contributed by atoms with E-state index in [1.54, 1.807) is 0 Å². The molecular formula is C72H117ClN12O31. The molecular weight excluding hydrogens is 1560 g/mol. The van der Waals surface area contributed by atoms with Crippen LogP contribution in [0.3, 0.4) is 0 Å². The highest BCUT2D eigenvalue weighted by Gasteiger charge is 2.42. The van der Waals surface area contributed by atoms with Crippen molar-refractivity contribution in [3.05, 3.63) is 11.8 Å². The lowest BCUT2D eigenvalue weighted by Gasteiger charge is -2.29. The number of carboxylic acids is 2. The van der Waals surface area contributed by atoms with Gasteiger partial charge in [-0.1, -0.05) is 70.8 Å². The van der Waals surface area contributed by atoms with Crippen LogP contribution in [0.25, 0.3) is 0 Å². The Morgan fingerprint density at radius 1 is 0.509 bits per heavy atom. The molecule has 0 aromatic rings.